The number of hydrogen-bond donors (Lipinski definition) is 3. The molecule has 4 unspecified atom stereocenters. The van der Waals surface area contributed by atoms with Gasteiger partial charge in [0.05, 0.1) is 6.04 Å². The van der Waals surface area contributed by atoms with Gasteiger partial charge in [-0.1, -0.05) is 40.7 Å². The van der Waals surface area contributed by atoms with Crippen molar-refractivity contribution in [2.75, 3.05) is 6.54 Å². The highest BCUT2D eigenvalue weighted by molar-refractivity contribution is 6.35. The Morgan fingerprint density at radius 2 is 1.69 bits per heavy atom. The molecule has 0 bridgehead atoms. The summed E-state index contributed by atoms with van der Waals surface area (Å²) in [7, 11) is 0. The molecule has 3 N–H and O–H groups in total. The normalized spacial score (nSPS) is 24.1. The molecular weight excluding hydrogens is 466 g/mol. The topological polar surface area (TPSA) is 142 Å². The molecule has 2 aliphatic rings. The second kappa shape index (κ2) is 10.2. The van der Waals surface area contributed by atoms with Crippen molar-refractivity contribution in [1.82, 2.24) is 15.5 Å². The number of carboxylic acids is 1. The first-order valence-electron chi connectivity index (χ1n) is 12.3. The van der Waals surface area contributed by atoms with Gasteiger partial charge in [0.1, 0.15) is 17.7 Å². The van der Waals surface area contributed by atoms with E-state index in [0.29, 0.717) is 13.0 Å². The number of alkyl carbamates (subject to hydrolysis) is 1. The fraction of sp³-hybridized carbons (Fsp3) is 0.731. The Hall–Kier alpha value is -2.91. The van der Waals surface area contributed by atoms with E-state index in [4.69, 9.17) is 4.74 Å². The number of aliphatic carboxylic acids is 1. The van der Waals surface area contributed by atoms with E-state index in [1.54, 1.807) is 41.5 Å². The van der Waals surface area contributed by atoms with Crippen LogP contribution in [0.15, 0.2) is 12.7 Å². The lowest BCUT2D eigenvalue weighted by Crippen LogP contribution is -2.60. The molecular formula is C26H41N3O7. The van der Waals surface area contributed by atoms with Gasteiger partial charge in [-0.05, 0) is 56.3 Å². The maximum Gasteiger partial charge on any atom is 0.408 e. The predicted octanol–water partition coefficient (Wildman–Crippen LogP) is 2.51. The molecule has 0 radical (unpaired) electrons. The molecule has 10 heteroatoms. The van der Waals surface area contributed by atoms with Crippen LogP contribution in [0, 0.1) is 22.7 Å². The third-order valence-electron chi connectivity index (χ3n) is 7.04. The zero-order valence-corrected chi connectivity index (χ0v) is 22.6. The molecule has 2 fully saturated rings. The molecule has 3 amide bonds. The largest absolute Gasteiger partial charge is 0.475 e. The van der Waals surface area contributed by atoms with Gasteiger partial charge in [-0.15, -0.1) is 6.58 Å². The number of hydrogen-bond acceptors (Lipinski definition) is 6. The zero-order chi connectivity index (χ0) is 27.8. The van der Waals surface area contributed by atoms with E-state index >= 15 is 0 Å². The average molecular weight is 508 g/mol. The van der Waals surface area contributed by atoms with Crippen LogP contribution in [0.5, 0.6) is 0 Å². The summed E-state index contributed by atoms with van der Waals surface area (Å²) in [5, 5.41) is 14.5. The van der Waals surface area contributed by atoms with E-state index in [1.807, 2.05) is 13.8 Å². The lowest BCUT2D eigenvalue weighted by atomic mass is 9.85. The molecule has 2 rings (SSSR count). The lowest BCUT2D eigenvalue weighted by Gasteiger charge is -2.38. The monoisotopic (exact) mass is 507 g/mol. The van der Waals surface area contributed by atoms with Gasteiger partial charge in [-0.2, -0.15) is 0 Å². The highest BCUT2D eigenvalue weighted by Crippen LogP contribution is 2.65. The number of nitrogens with zero attached hydrogens (tertiary/aromatic N) is 1. The van der Waals surface area contributed by atoms with Crippen LogP contribution < -0.4 is 10.6 Å². The number of piperidine rings is 1. The Bertz CT molecular complexity index is 929. The van der Waals surface area contributed by atoms with Crippen LogP contribution in [0.4, 0.5) is 4.79 Å². The van der Waals surface area contributed by atoms with E-state index < -0.39 is 58.8 Å². The van der Waals surface area contributed by atoms with Gasteiger partial charge in [-0.25, -0.2) is 9.59 Å². The minimum absolute atomic E-state index is 0.0705. The number of carbonyl (C=O) groups is 5. The van der Waals surface area contributed by atoms with E-state index in [1.165, 1.54) is 11.0 Å². The Morgan fingerprint density at radius 3 is 2.17 bits per heavy atom. The highest BCUT2D eigenvalue weighted by Gasteiger charge is 2.69. The van der Waals surface area contributed by atoms with Crippen molar-refractivity contribution in [2.24, 2.45) is 22.7 Å². The minimum atomic E-state index is -1.64. The predicted molar refractivity (Wildman–Crippen MR) is 133 cm³/mol. The van der Waals surface area contributed by atoms with Crippen molar-refractivity contribution < 1.29 is 33.8 Å². The SMILES string of the molecule is C=CCCC(NC(=O)[C@@H]1C2C(CN1C(=O)C(NC(=O)OC(C)(C)C)C(C)(C)C)C2(C)C)C(=O)C(=O)O. The number of ketones is 1. The number of nitrogens with one attached hydrogen (secondary N) is 2. The van der Waals surface area contributed by atoms with Gasteiger partial charge in [0.25, 0.3) is 5.78 Å². The average Bonchev–Trinajstić information content (AvgIpc) is 3.07. The molecule has 1 aliphatic heterocycles. The fourth-order valence-corrected chi connectivity index (χ4v) is 5.01. The van der Waals surface area contributed by atoms with Crippen LogP contribution in [0.3, 0.4) is 0 Å². The number of ether oxygens (including phenoxy) is 1. The van der Waals surface area contributed by atoms with Crippen LogP contribution in [0.25, 0.3) is 0 Å². The maximum absolute atomic E-state index is 13.8. The maximum atomic E-state index is 13.8. The first-order chi connectivity index (χ1) is 16.3. The number of allylic oxidation sites excluding steroid dienone is 1. The summed E-state index contributed by atoms with van der Waals surface area (Å²) in [5.41, 5.74) is -1.64. The third kappa shape index (κ3) is 6.44. The van der Waals surface area contributed by atoms with Gasteiger partial charge in [0.15, 0.2) is 0 Å². The molecule has 10 nitrogen and oxygen atoms in total. The fourth-order valence-electron chi connectivity index (χ4n) is 5.01. The van der Waals surface area contributed by atoms with E-state index in [9.17, 15) is 29.1 Å². The summed E-state index contributed by atoms with van der Waals surface area (Å²) in [4.78, 5) is 64.8. The van der Waals surface area contributed by atoms with E-state index in [0.717, 1.165) is 0 Å². The summed E-state index contributed by atoms with van der Waals surface area (Å²) in [5.74, 6) is -3.84. The van der Waals surface area contributed by atoms with Crippen LogP contribution in [-0.4, -0.2) is 69.9 Å². The molecule has 0 spiro atoms. The molecule has 1 saturated carbocycles. The molecule has 202 valence electrons. The first kappa shape index (κ1) is 29.3. The van der Waals surface area contributed by atoms with Crippen LogP contribution in [0.2, 0.25) is 0 Å². The molecule has 0 aromatic carbocycles. The van der Waals surface area contributed by atoms with Crippen molar-refractivity contribution in [3.8, 4) is 0 Å². The van der Waals surface area contributed by atoms with Gasteiger partial charge in [0.2, 0.25) is 11.8 Å². The number of Topliss-reactive ketones (excluding diaryl/α,β-unsaturated/α-hetero) is 1. The highest BCUT2D eigenvalue weighted by atomic mass is 16.6. The Kier molecular flexibility index (Phi) is 8.32. The van der Waals surface area contributed by atoms with Crippen molar-refractivity contribution in [2.45, 2.75) is 92.0 Å². The van der Waals surface area contributed by atoms with Crippen LogP contribution in [-0.2, 0) is 23.9 Å². The van der Waals surface area contributed by atoms with E-state index in [-0.39, 0.29) is 23.7 Å². The van der Waals surface area contributed by atoms with Crippen LogP contribution >= 0.6 is 0 Å². The molecule has 1 aliphatic carbocycles. The number of amides is 3. The number of carbonyl (C=O) groups excluding carboxylic acids is 4. The molecule has 5 atom stereocenters. The van der Waals surface area contributed by atoms with E-state index in [2.05, 4.69) is 17.2 Å². The Balaban J connectivity index is 2.32. The van der Waals surface area contributed by atoms with Gasteiger partial charge in [-0.3, -0.25) is 14.4 Å². The van der Waals surface area contributed by atoms with Gasteiger partial charge in [0, 0.05) is 6.54 Å². The zero-order valence-electron chi connectivity index (χ0n) is 22.6. The van der Waals surface area contributed by atoms with Crippen molar-refractivity contribution in [3.63, 3.8) is 0 Å². The molecule has 0 aromatic rings. The molecule has 1 heterocycles. The number of rotatable bonds is 9. The molecule has 1 saturated heterocycles. The summed E-state index contributed by atoms with van der Waals surface area (Å²) in [6, 6.07) is -3.10. The quantitative estimate of drug-likeness (QED) is 0.321. The Morgan fingerprint density at radius 1 is 1.11 bits per heavy atom. The second-order valence-electron chi connectivity index (χ2n) is 12.4. The standard InChI is InChI=1S/C26H41N3O7/c1-10-11-12-15(18(30)22(33)34)27-20(31)17-16-14(26(16,8)9)13-29(17)21(32)19(24(2,3)4)28-23(35)36-25(5,6)7/h10,14-17,19H,1,11-13H2,2-9H3,(H,27,31)(H,28,35)(H,33,34)/t14?,15?,16?,17-,19?/m0/s1. The molecule has 0 aromatic heterocycles. The van der Waals surface area contributed by atoms with Crippen molar-refractivity contribution in [1.29, 1.82) is 0 Å². The first-order valence-corrected chi connectivity index (χ1v) is 12.3. The van der Waals surface area contributed by atoms with Crippen molar-refractivity contribution in [3.05, 3.63) is 12.7 Å². The summed E-state index contributed by atoms with van der Waals surface area (Å²) >= 11 is 0. The van der Waals surface area contributed by atoms with Crippen molar-refractivity contribution >= 4 is 29.7 Å². The summed E-state index contributed by atoms with van der Waals surface area (Å²) in [6.45, 7) is 18.5. The summed E-state index contributed by atoms with van der Waals surface area (Å²) in [6.07, 6.45) is 1.22. The minimum Gasteiger partial charge on any atom is -0.475 e. The number of fused-ring (bicyclic) bond motifs is 1. The third-order valence-corrected chi connectivity index (χ3v) is 7.04. The number of likely N-dealkylation sites (tertiary alicyclic amines) is 1. The molecule has 36 heavy (non-hydrogen) atoms. The smallest absolute Gasteiger partial charge is 0.408 e. The lowest BCUT2D eigenvalue weighted by molar-refractivity contribution is -0.151. The second-order valence-corrected chi connectivity index (χ2v) is 12.4. The Labute approximate surface area is 213 Å². The number of carboxylic acid groups (broad SMARTS) is 1. The van der Waals surface area contributed by atoms with Crippen LogP contribution in [0.1, 0.15) is 68.2 Å². The van der Waals surface area contributed by atoms with Gasteiger partial charge < -0.3 is 25.4 Å². The summed E-state index contributed by atoms with van der Waals surface area (Å²) < 4.78 is 5.35. The van der Waals surface area contributed by atoms with Gasteiger partial charge >= 0.3 is 12.1 Å².